The number of para-hydroxylation sites is 1. The molecule has 15 nitrogen and oxygen atoms in total. The number of aryl methyl sites for hydroxylation is 2. The molecule has 0 spiro atoms. The van der Waals surface area contributed by atoms with Crippen LogP contribution in [0.25, 0.3) is 11.3 Å². The molecule has 0 aliphatic carbocycles. The molecule has 0 unspecified atom stereocenters. The van der Waals surface area contributed by atoms with Crippen LogP contribution in [0, 0.1) is 5.92 Å². The molecule has 4 aliphatic heterocycles. The van der Waals surface area contributed by atoms with Crippen molar-refractivity contribution in [3.8, 4) is 17.0 Å². The molecule has 1 aromatic heterocycles. The van der Waals surface area contributed by atoms with E-state index >= 15 is 0 Å². The van der Waals surface area contributed by atoms with Crippen molar-refractivity contribution < 1.29 is 23.9 Å². The fourth-order valence-corrected chi connectivity index (χ4v) is 9.12. The van der Waals surface area contributed by atoms with Gasteiger partial charge in [0.1, 0.15) is 22.8 Å². The van der Waals surface area contributed by atoms with E-state index in [0.717, 1.165) is 87.6 Å². The summed E-state index contributed by atoms with van der Waals surface area (Å²) in [6.45, 7) is 8.41. The molecule has 4 aromatic carbocycles. The number of methoxy groups -OCH3 is 1. The Kier molecular flexibility index (Phi) is 11.5. The zero-order chi connectivity index (χ0) is 42.7. The number of anilines is 5. The maximum absolute atomic E-state index is 13.0. The zero-order valence-electron chi connectivity index (χ0n) is 34.9. The number of piperidine rings is 1. The number of imide groups is 1. The second kappa shape index (κ2) is 17.6. The average molecular weight is 837 g/mol. The first kappa shape index (κ1) is 40.5. The molecule has 9 rings (SSSR count). The maximum atomic E-state index is 13.0. The topological polar surface area (TPSA) is 170 Å². The molecule has 5 aromatic rings. The van der Waals surface area contributed by atoms with Crippen LogP contribution < -0.4 is 41.1 Å². The van der Waals surface area contributed by atoms with Gasteiger partial charge in [0.25, 0.3) is 11.8 Å². The minimum Gasteiger partial charge on any atom is -0.496 e. The number of carbonyl (C=O) groups is 4. The standard InChI is InChI=1S/C47H52N10O5/c1-62-40-5-3-2-4-38(40)46(60)49-29-31-6-8-33(9-7-31)43-42(44(48)59)45-50-39-15-14-37(28-34(39)18-23-57(45)52-43)55-26-24-53(25-27-55)30-32-16-20-54(21-17-32)35-10-12-36(13-11-35)56-22-19-41(58)51-47(56)61/h2-15,28,32,50H,16-27,29-30H2,1H3,(H2,48,59)(H,49,60)(H,51,58,61). The average Bonchev–Trinajstić information content (AvgIpc) is 3.57. The Bertz CT molecular complexity index is 2470. The van der Waals surface area contributed by atoms with Crippen molar-refractivity contribution in [2.24, 2.45) is 11.7 Å². The molecule has 3 fully saturated rings. The number of nitrogens with zero attached hydrogens (tertiary/aromatic N) is 6. The highest BCUT2D eigenvalue weighted by Gasteiger charge is 2.29. The van der Waals surface area contributed by atoms with E-state index in [4.69, 9.17) is 15.6 Å². The summed E-state index contributed by atoms with van der Waals surface area (Å²) in [6.07, 6.45) is 3.35. The Morgan fingerprint density at radius 3 is 2.23 bits per heavy atom. The van der Waals surface area contributed by atoms with Gasteiger partial charge in [-0.1, -0.05) is 36.4 Å². The molecule has 0 radical (unpaired) electrons. The molecular weight excluding hydrogens is 785 g/mol. The second-order valence-electron chi connectivity index (χ2n) is 16.4. The number of fused-ring (bicyclic) bond motifs is 2. The van der Waals surface area contributed by atoms with E-state index in [0.29, 0.717) is 60.4 Å². The minimum atomic E-state index is -0.553. The fraction of sp³-hybridized carbons (Fsp3) is 0.340. The lowest BCUT2D eigenvalue weighted by molar-refractivity contribution is -0.120. The number of urea groups is 1. The molecule has 5 N–H and O–H groups in total. The number of amides is 5. The maximum Gasteiger partial charge on any atom is 0.328 e. The first-order valence-electron chi connectivity index (χ1n) is 21.5. The van der Waals surface area contributed by atoms with Crippen LogP contribution in [0.2, 0.25) is 0 Å². The number of primary amides is 1. The lowest BCUT2D eigenvalue weighted by Gasteiger charge is -2.40. The molecule has 320 valence electrons. The number of ether oxygens (including phenoxy) is 1. The number of benzene rings is 4. The molecule has 62 heavy (non-hydrogen) atoms. The van der Waals surface area contributed by atoms with Gasteiger partial charge in [-0.3, -0.25) is 29.5 Å². The monoisotopic (exact) mass is 836 g/mol. The number of hydrogen-bond donors (Lipinski definition) is 4. The van der Waals surface area contributed by atoms with Crippen molar-refractivity contribution in [3.05, 3.63) is 113 Å². The number of piperazine rings is 1. The quantitative estimate of drug-likeness (QED) is 0.136. The first-order chi connectivity index (χ1) is 30.2. The van der Waals surface area contributed by atoms with E-state index in [-0.39, 0.29) is 17.8 Å². The van der Waals surface area contributed by atoms with Crippen LogP contribution in [0.15, 0.2) is 91.0 Å². The third-order valence-corrected chi connectivity index (χ3v) is 12.6. The van der Waals surface area contributed by atoms with Crippen LogP contribution in [0.4, 0.5) is 33.4 Å². The highest BCUT2D eigenvalue weighted by Crippen LogP contribution is 2.36. The van der Waals surface area contributed by atoms with E-state index in [1.807, 2.05) is 47.1 Å². The van der Waals surface area contributed by atoms with Gasteiger partial charge in [0, 0.05) is 100 Å². The minimum absolute atomic E-state index is 0.224. The highest BCUT2D eigenvalue weighted by atomic mass is 16.5. The summed E-state index contributed by atoms with van der Waals surface area (Å²) >= 11 is 0. The van der Waals surface area contributed by atoms with Crippen molar-refractivity contribution in [2.45, 2.75) is 38.8 Å². The van der Waals surface area contributed by atoms with Crippen LogP contribution in [0.5, 0.6) is 5.75 Å². The molecule has 3 saturated heterocycles. The fourth-order valence-electron chi connectivity index (χ4n) is 9.12. The predicted molar refractivity (Wildman–Crippen MR) is 239 cm³/mol. The van der Waals surface area contributed by atoms with Gasteiger partial charge in [-0.2, -0.15) is 5.10 Å². The van der Waals surface area contributed by atoms with Gasteiger partial charge in [-0.05, 0) is 90.9 Å². The van der Waals surface area contributed by atoms with Crippen LogP contribution in [-0.4, -0.2) is 97.9 Å². The number of carbonyl (C=O) groups excluding carboxylic acids is 4. The van der Waals surface area contributed by atoms with Crippen molar-refractivity contribution in [2.75, 3.05) is 79.5 Å². The predicted octanol–water partition coefficient (Wildman–Crippen LogP) is 5.37. The molecule has 5 heterocycles. The summed E-state index contributed by atoms with van der Waals surface area (Å²) < 4.78 is 7.17. The summed E-state index contributed by atoms with van der Waals surface area (Å²) in [5.74, 6) is 0.760. The van der Waals surface area contributed by atoms with Gasteiger partial charge in [-0.25, -0.2) is 9.48 Å². The Hall–Kier alpha value is -6.87. The molecule has 4 aliphatic rings. The Morgan fingerprint density at radius 2 is 1.50 bits per heavy atom. The molecule has 0 saturated carbocycles. The van der Waals surface area contributed by atoms with Gasteiger partial charge in [-0.15, -0.1) is 0 Å². The van der Waals surface area contributed by atoms with Crippen LogP contribution in [0.3, 0.4) is 0 Å². The number of hydrogen-bond acceptors (Lipinski definition) is 10. The number of nitrogens with one attached hydrogen (secondary N) is 3. The van der Waals surface area contributed by atoms with Gasteiger partial charge in [0.05, 0.1) is 12.7 Å². The van der Waals surface area contributed by atoms with Gasteiger partial charge in [0.2, 0.25) is 5.91 Å². The Labute approximate surface area is 360 Å². The summed E-state index contributed by atoms with van der Waals surface area (Å²) in [5.41, 5.74) is 14.3. The van der Waals surface area contributed by atoms with E-state index < -0.39 is 5.91 Å². The highest BCUT2D eigenvalue weighted by molar-refractivity contribution is 6.06. The molecule has 15 heteroatoms. The summed E-state index contributed by atoms with van der Waals surface area (Å²) in [6, 6.07) is 29.0. The first-order valence-corrected chi connectivity index (χ1v) is 21.5. The van der Waals surface area contributed by atoms with Gasteiger partial charge >= 0.3 is 6.03 Å². The van der Waals surface area contributed by atoms with Crippen molar-refractivity contribution in [1.82, 2.24) is 25.3 Å². The van der Waals surface area contributed by atoms with Gasteiger partial charge < -0.3 is 30.9 Å². The van der Waals surface area contributed by atoms with Crippen LogP contribution in [0.1, 0.15) is 51.1 Å². The van der Waals surface area contributed by atoms with E-state index in [1.165, 1.54) is 16.9 Å². The number of rotatable bonds is 11. The summed E-state index contributed by atoms with van der Waals surface area (Å²) in [7, 11) is 1.54. The lowest BCUT2D eigenvalue weighted by Crippen LogP contribution is -2.49. The molecule has 0 atom stereocenters. The molecule has 0 bridgehead atoms. The Morgan fingerprint density at radius 1 is 0.790 bits per heavy atom. The normalized spacial score (nSPS) is 17.1. The van der Waals surface area contributed by atoms with Crippen molar-refractivity contribution in [3.63, 3.8) is 0 Å². The summed E-state index contributed by atoms with van der Waals surface area (Å²) in [4.78, 5) is 58.7. The molecule has 5 amide bonds. The van der Waals surface area contributed by atoms with Crippen molar-refractivity contribution >= 4 is 52.3 Å². The largest absolute Gasteiger partial charge is 0.496 e. The number of nitrogens with two attached hydrogens (primary N) is 1. The zero-order valence-corrected chi connectivity index (χ0v) is 34.9. The Balaban J connectivity index is 0.771. The second-order valence-corrected chi connectivity index (χ2v) is 16.4. The van der Waals surface area contributed by atoms with E-state index in [1.54, 1.807) is 30.2 Å². The summed E-state index contributed by atoms with van der Waals surface area (Å²) in [5, 5.41) is 13.7. The third kappa shape index (κ3) is 8.53. The van der Waals surface area contributed by atoms with Gasteiger partial charge in [0.15, 0.2) is 0 Å². The van der Waals surface area contributed by atoms with E-state index in [2.05, 4.69) is 61.0 Å². The molecular formula is C47H52N10O5. The van der Waals surface area contributed by atoms with Crippen LogP contribution >= 0.6 is 0 Å². The third-order valence-electron chi connectivity index (χ3n) is 12.6. The van der Waals surface area contributed by atoms with Crippen molar-refractivity contribution in [1.29, 1.82) is 0 Å². The van der Waals surface area contributed by atoms with E-state index in [9.17, 15) is 19.2 Å². The SMILES string of the molecule is COc1ccccc1C(=O)NCc1ccc(-c2nn3c(c2C(N)=O)Nc2ccc(N4CCN(CC5CCN(c6ccc(N7CCC(=O)NC7=O)cc6)CC5)CC4)cc2CC3)cc1. The lowest BCUT2D eigenvalue weighted by atomic mass is 9.95. The smallest absolute Gasteiger partial charge is 0.328 e. The van der Waals surface area contributed by atoms with Crippen LogP contribution in [-0.2, 0) is 24.3 Å². The number of aromatic nitrogens is 2.